The van der Waals surface area contributed by atoms with E-state index >= 15 is 0 Å². The van der Waals surface area contributed by atoms with E-state index in [1.807, 2.05) is 24.3 Å². The van der Waals surface area contributed by atoms with Crippen molar-refractivity contribution < 1.29 is 14.7 Å². The lowest BCUT2D eigenvalue weighted by molar-refractivity contribution is 0.148. The number of hydrogen-bond acceptors (Lipinski definition) is 4. The van der Waals surface area contributed by atoms with Gasteiger partial charge in [-0.3, -0.25) is 0 Å². The van der Waals surface area contributed by atoms with Gasteiger partial charge in [0.15, 0.2) is 5.84 Å². The third-order valence-corrected chi connectivity index (χ3v) is 3.39. The highest BCUT2D eigenvalue weighted by Gasteiger charge is 2.22. The molecule has 2 aromatic carbocycles. The zero-order valence-electron chi connectivity index (χ0n) is 11.4. The molecule has 1 aliphatic heterocycles. The predicted octanol–water partition coefficient (Wildman–Crippen LogP) is 2.16. The molecule has 0 bridgehead atoms. The number of fused-ring (bicyclic) bond motifs is 1. The van der Waals surface area contributed by atoms with Gasteiger partial charge in [-0.15, -0.1) is 0 Å². The van der Waals surface area contributed by atoms with Crippen molar-refractivity contribution in [2.24, 2.45) is 10.9 Å². The van der Waals surface area contributed by atoms with Crippen LogP contribution < -0.4 is 15.2 Å². The van der Waals surface area contributed by atoms with Gasteiger partial charge in [-0.2, -0.15) is 0 Å². The Morgan fingerprint density at radius 2 is 2.14 bits per heavy atom. The second kappa shape index (κ2) is 5.75. The van der Waals surface area contributed by atoms with Crippen LogP contribution >= 0.6 is 0 Å². The molecule has 5 nitrogen and oxygen atoms in total. The highest BCUT2D eigenvalue weighted by Crippen LogP contribution is 2.28. The molecule has 0 aromatic heterocycles. The summed E-state index contributed by atoms with van der Waals surface area (Å²) >= 11 is 0. The monoisotopic (exact) mass is 284 g/mol. The third-order valence-electron chi connectivity index (χ3n) is 3.39. The first kappa shape index (κ1) is 13.3. The largest absolute Gasteiger partial charge is 0.490 e. The Morgan fingerprint density at radius 3 is 2.95 bits per heavy atom. The Balaban J connectivity index is 1.62. The minimum absolute atomic E-state index is 0.00918. The Hall–Kier alpha value is -2.69. The SMILES string of the molecule is NC(=NO)c1cccc(OCC2Cc3ccccc3O2)c1. The van der Waals surface area contributed by atoms with Gasteiger partial charge < -0.3 is 20.4 Å². The summed E-state index contributed by atoms with van der Waals surface area (Å²) in [5.41, 5.74) is 7.38. The highest BCUT2D eigenvalue weighted by molar-refractivity contribution is 5.97. The Kier molecular flexibility index (Phi) is 3.64. The minimum Gasteiger partial charge on any atom is -0.490 e. The van der Waals surface area contributed by atoms with Crippen LogP contribution in [0.3, 0.4) is 0 Å². The van der Waals surface area contributed by atoms with Crippen LogP contribution in [0.4, 0.5) is 0 Å². The standard InChI is InChI=1S/C16H16N2O3/c17-16(18-19)12-5-3-6-13(9-12)20-10-14-8-11-4-1-2-7-15(11)21-14/h1-7,9,14,19H,8,10H2,(H2,17,18). The molecule has 0 amide bonds. The fourth-order valence-electron chi connectivity index (χ4n) is 2.34. The van der Waals surface area contributed by atoms with Crippen molar-refractivity contribution in [3.05, 3.63) is 59.7 Å². The molecule has 1 unspecified atom stereocenters. The van der Waals surface area contributed by atoms with E-state index in [0.29, 0.717) is 17.9 Å². The van der Waals surface area contributed by atoms with E-state index in [9.17, 15) is 0 Å². The second-order valence-corrected chi connectivity index (χ2v) is 4.88. The van der Waals surface area contributed by atoms with Crippen LogP contribution in [0.2, 0.25) is 0 Å². The number of nitrogens with two attached hydrogens (primary N) is 1. The molecule has 0 fully saturated rings. The molecule has 1 heterocycles. The van der Waals surface area contributed by atoms with Gasteiger partial charge in [0.2, 0.25) is 0 Å². The molecule has 0 saturated heterocycles. The van der Waals surface area contributed by atoms with Gasteiger partial charge >= 0.3 is 0 Å². The van der Waals surface area contributed by atoms with Crippen molar-refractivity contribution >= 4 is 5.84 Å². The third kappa shape index (κ3) is 2.91. The van der Waals surface area contributed by atoms with E-state index < -0.39 is 0 Å². The molecule has 0 spiro atoms. The summed E-state index contributed by atoms with van der Waals surface area (Å²) in [6.45, 7) is 0.453. The van der Waals surface area contributed by atoms with Crippen LogP contribution in [-0.4, -0.2) is 23.8 Å². The zero-order valence-corrected chi connectivity index (χ0v) is 11.4. The number of amidine groups is 1. The van der Waals surface area contributed by atoms with Gasteiger partial charge in [-0.1, -0.05) is 35.5 Å². The van der Waals surface area contributed by atoms with Gasteiger partial charge in [0.05, 0.1) is 0 Å². The first-order chi connectivity index (χ1) is 10.3. The molecule has 0 radical (unpaired) electrons. The van der Waals surface area contributed by atoms with E-state index in [0.717, 1.165) is 12.2 Å². The summed E-state index contributed by atoms with van der Waals surface area (Å²) < 4.78 is 11.6. The summed E-state index contributed by atoms with van der Waals surface area (Å²) in [6, 6.07) is 15.1. The number of rotatable bonds is 4. The van der Waals surface area contributed by atoms with Gasteiger partial charge in [0, 0.05) is 12.0 Å². The van der Waals surface area contributed by atoms with E-state index in [1.165, 1.54) is 5.56 Å². The van der Waals surface area contributed by atoms with Crippen molar-refractivity contribution in [2.75, 3.05) is 6.61 Å². The Labute approximate surface area is 122 Å². The van der Waals surface area contributed by atoms with Crippen molar-refractivity contribution in [3.8, 4) is 11.5 Å². The number of nitrogens with zero attached hydrogens (tertiary/aromatic N) is 1. The Morgan fingerprint density at radius 1 is 1.29 bits per heavy atom. The molecule has 0 aliphatic carbocycles. The smallest absolute Gasteiger partial charge is 0.170 e. The van der Waals surface area contributed by atoms with Crippen LogP contribution in [0, 0.1) is 0 Å². The van der Waals surface area contributed by atoms with Gasteiger partial charge in [0.25, 0.3) is 0 Å². The van der Waals surface area contributed by atoms with Gasteiger partial charge in [-0.05, 0) is 23.8 Å². The summed E-state index contributed by atoms with van der Waals surface area (Å²) in [4.78, 5) is 0. The first-order valence-electron chi connectivity index (χ1n) is 6.71. The van der Waals surface area contributed by atoms with Crippen molar-refractivity contribution in [2.45, 2.75) is 12.5 Å². The fraction of sp³-hybridized carbons (Fsp3) is 0.188. The maximum Gasteiger partial charge on any atom is 0.170 e. The van der Waals surface area contributed by atoms with Crippen molar-refractivity contribution in [3.63, 3.8) is 0 Å². The van der Waals surface area contributed by atoms with Crippen LogP contribution in [0.5, 0.6) is 11.5 Å². The molecule has 3 N–H and O–H groups in total. The molecule has 1 aliphatic rings. The summed E-state index contributed by atoms with van der Waals surface area (Å²) in [6.07, 6.45) is 0.853. The fourth-order valence-corrected chi connectivity index (χ4v) is 2.34. The molecule has 1 atom stereocenters. The van der Waals surface area contributed by atoms with Crippen molar-refractivity contribution in [1.29, 1.82) is 0 Å². The van der Waals surface area contributed by atoms with E-state index in [2.05, 4.69) is 11.2 Å². The number of hydrogen-bond donors (Lipinski definition) is 2. The normalized spacial score (nSPS) is 17.1. The molecule has 108 valence electrons. The average Bonchev–Trinajstić information content (AvgIpc) is 2.95. The first-order valence-corrected chi connectivity index (χ1v) is 6.71. The zero-order chi connectivity index (χ0) is 14.7. The Bertz CT molecular complexity index is 645. The number of para-hydroxylation sites is 1. The summed E-state index contributed by atoms with van der Waals surface area (Å²) in [5, 5.41) is 11.7. The summed E-state index contributed by atoms with van der Waals surface area (Å²) in [5.74, 6) is 1.65. The molecule has 21 heavy (non-hydrogen) atoms. The number of ether oxygens (including phenoxy) is 2. The molecule has 5 heteroatoms. The van der Waals surface area contributed by atoms with E-state index in [1.54, 1.807) is 18.2 Å². The lowest BCUT2D eigenvalue weighted by atomic mass is 10.1. The number of oxime groups is 1. The maximum atomic E-state index is 8.68. The quantitative estimate of drug-likeness (QED) is 0.390. The highest BCUT2D eigenvalue weighted by atomic mass is 16.5. The molecule has 2 aromatic rings. The molecular weight excluding hydrogens is 268 g/mol. The van der Waals surface area contributed by atoms with E-state index in [4.69, 9.17) is 20.4 Å². The lowest BCUT2D eigenvalue weighted by Crippen LogP contribution is -2.22. The van der Waals surface area contributed by atoms with Crippen LogP contribution in [-0.2, 0) is 6.42 Å². The average molecular weight is 284 g/mol. The number of benzene rings is 2. The lowest BCUT2D eigenvalue weighted by Gasteiger charge is -2.13. The summed E-state index contributed by atoms with van der Waals surface area (Å²) in [7, 11) is 0. The van der Waals surface area contributed by atoms with E-state index in [-0.39, 0.29) is 11.9 Å². The molecule has 0 saturated carbocycles. The van der Waals surface area contributed by atoms with Gasteiger partial charge in [-0.25, -0.2) is 0 Å². The van der Waals surface area contributed by atoms with Crippen molar-refractivity contribution in [1.82, 2.24) is 0 Å². The minimum atomic E-state index is 0.00918. The topological polar surface area (TPSA) is 77.1 Å². The second-order valence-electron chi connectivity index (χ2n) is 4.88. The predicted molar refractivity (Wildman–Crippen MR) is 79.0 cm³/mol. The van der Waals surface area contributed by atoms with Crippen LogP contribution in [0.1, 0.15) is 11.1 Å². The molecular formula is C16H16N2O3. The molecule has 3 rings (SSSR count). The van der Waals surface area contributed by atoms with Gasteiger partial charge in [0.1, 0.15) is 24.2 Å². The van der Waals surface area contributed by atoms with Crippen LogP contribution in [0.15, 0.2) is 53.7 Å². The maximum absolute atomic E-state index is 8.68. The van der Waals surface area contributed by atoms with Crippen LogP contribution in [0.25, 0.3) is 0 Å².